The largest absolute Gasteiger partial charge is 0.481 e. The highest BCUT2D eigenvalue weighted by Gasteiger charge is 2.54. The molecule has 0 bridgehead atoms. The standard InChI is InChI=1S/C23H21NO6/c1-2-12-24(21(25)18-13-19(22(26)27)20(18)23(28)29)14-15-8-10-17(11-9-15)30-16-6-4-3-5-7-16/h1,3-11,18-20H,12-14H2,(H,26,27)(H,28,29). The first-order valence-corrected chi connectivity index (χ1v) is 9.40. The van der Waals surface area contributed by atoms with Gasteiger partial charge in [-0.3, -0.25) is 14.4 Å². The number of hydrogen-bond donors (Lipinski definition) is 2. The molecule has 1 fully saturated rings. The van der Waals surface area contributed by atoms with Crippen LogP contribution < -0.4 is 4.74 Å². The third kappa shape index (κ3) is 4.61. The lowest BCUT2D eigenvalue weighted by Gasteiger charge is -2.40. The van der Waals surface area contributed by atoms with Crippen molar-refractivity contribution in [2.45, 2.75) is 13.0 Å². The summed E-state index contributed by atoms with van der Waals surface area (Å²) < 4.78 is 5.74. The third-order valence-electron chi connectivity index (χ3n) is 5.16. The van der Waals surface area contributed by atoms with Crippen molar-refractivity contribution in [2.75, 3.05) is 6.54 Å². The Morgan fingerprint density at radius 1 is 0.967 bits per heavy atom. The van der Waals surface area contributed by atoms with Crippen LogP contribution in [-0.4, -0.2) is 39.5 Å². The predicted molar refractivity (Wildman–Crippen MR) is 108 cm³/mol. The topological polar surface area (TPSA) is 104 Å². The van der Waals surface area contributed by atoms with Gasteiger partial charge < -0.3 is 19.8 Å². The fraction of sp³-hybridized carbons (Fsp3) is 0.261. The van der Waals surface area contributed by atoms with Gasteiger partial charge in [0.15, 0.2) is 0 Å². The fourth-order valence-corrected chi connectivity index (χ4v) is 3.57. The van der Waals surface area contributed by atoms with Crippen molar-refractivity contribution in [3.05, 3.63) is 60.2 Å². The Hall–Kier alpha value is -3.79. The van der Waals surface area contributed by atoms with E-state index < -0.39 is 35.6 Å². The molecule has 1 saturated carbocycles. The molecule has 3 atom stereocenters. The highest BCUT2D eigenvalue weighted by Crippen LogP contribution is 2.42. The molecule has 1 aliphatic rings. The molecule has 0 heterocycles. The zero-order valence-corrected chi connectivity index (χ0v) is 16.1. The molecule has 7 nitrogen and oxygen atoms in total. The van der Waals surface area contributed by atoms with Crippen molar-refractivity contribution >= 4 is 17.8 Å². The van der Waals surface area contributed by atoms with Gasteiger partial charge in [0.25, 0.3) is 0 Å². The molecule has 0 saturated heterocycles. The van der Waals surface area contributed by atoms with E-state index in [1.165, 1.54) is 4.90 Å². The van der Waals surface area contributed by atoms with E-state index in [0.717, 1.165) is 5.56 Å². The Morgan fingerprint density at radius 3 is 2.17 bits per heavy atom. The second-order valence-corrected chi connectivity index (χ2v) is 7.11. The first-order valence-electron chi connectivity index (χ1n) is 9.40. The molecular formula is C23H21NO6. The summed E-state index contributed by atoms with van der Waals surface area (Å²) in [5.41, 5.74) is 0.792. The average molecular weight is 407 g/mol. The van der Waals surface area contributed by atoms with Crippen LogP contribution in [0.2, 0.25) is 0 Å². The molecule has 0 radical (unpaired) electrons. The molecule has 1 amide bonds. The summed E-state index contributed by atoms with van der Waals surface area (Å²) >= 11 is 0. The van der Waals surface area contributed by atoms with Crippen LogP contribution in [-0.2, 0) is 20.9 Å². The average Bonchev–Trinajstić information content (AvgIpc) is 2.68. The van der Waals surface area contributed by atoms with Gasteiger partial charge in [-0.2, -0.15) is 0 Å². The van der Waals surface area contributed by atoms with Crippen molar-refractivity contribution in [3.8, 4) is 23.8 Å². The van der Waals surface area contributed by atoms with Gasteiger partial charge in [0.05, 0.1) is 24.3 Å². The molecule has 1 aliphatic carbocycles. The van der Waals surface area contributed by atoms with Gasteiger partial charge in [-0.25, -0.2) is 0 Å². The Morgan fingerprint density at radius 2 is 1.60 bits per heavy atom. The van der Waals surface area contributed by atoms with Gasteiger partial charge >= 0.3 is 11.9 Å². The second-order valence-electron chi connectivity index (χ2n) is 7.11. The van der Waals surface area contributed by atoms with E-state index in [4.69, 9.17) is 16.3 Å². The number of benzene rings is 2. The summed E-state index contributed by atoms with van der Waals surface area (Å²) in [6.07, 6.45) is 5.38. The Kier molecular flexibility index (Phi) is 6.38. The highest BCUT2D eigenvalue weighted by atomic mass is 16.5. The number of aliphatic carboxylic acids is 2. The van der Waals surface area contributed by atoms with Crippen LogP contribution in [0.25, 0.3) is 0 Å². The lowest BCUT2D eigenvalue weighted by molar-refractivity contribution is -0.171. The highest BCUT2D eigenvalue weighted by molar-refractivity contribution is 5.91. The molecular weight excluding hydrogens is 386 g/mol. The summed E-state index contributed by atoms with van der Waals surface area (Å²) in [6.45, 7) is 0.191. The number of rotatable bonds is 8. The SMILES string of the molecule is C#CCN(Cc1ccc(Oc2ccccc2)cc1)C(=O)C1CC(C(=O)O)C1C(=O)O. The van der Waals surface area contributed by atoms with Crippen LogP contribution >= 0.6 is 0 Å². The number of nitrogens with zero attached hydrogens (tertiary/aromatic N) is 1. The van der Waals surface area contributed by atoms with Crippen LogP contribution in [0.5, 0.6) is 11.5 Å². The molecule has 0 aromatic heterocycles. The molecule has 3 rings (SSSR count). The first kappa shape index (κ1) is 20.9. The maximum Gasteiger partial charge on any atom is 0.308 e. The predicted octanol–water partition coefficient (Wildman–Crippen LogP) is 2.86. The van der Waals surface area contributed by atoms with E-state index >= 15 is 0 Å². The summed E-state index contributed by atoms with van der Waals surface area (Å²) in [5, 5.41) is 18.5. The maximum absolute atomic E-state index is 12.9. The normalized spacial score (nSPS) is 19.8. The van der Waals surface area contributed by atoms with Crippen LogP contribution in [0.3, 0.4) is 0 Å². The monoisotopic (exact) mass is 407 g/mol. The van der Waals surface area contributed by atoms with Crippen molar-refractivity contribution in [1.29, 1.82) is 0 Å². The molecule has 7 heteroatoms. The minimum absolute atomic E-state index is 0.00166. The number of para-hydroxylation sites is 1. The minimum atomic E-state index is -1.28. The Bertz CT molecular complexity index is 963. The van der Waals surface area contributed by atoms with Gasteiger partial charge in [0.2, 0.25) is 5.91 Å². The number of ether oxygens (including phenoxy) is 1. The fourth-order valence-electron chi connectivity index (χ4n) is 3.57. The maximum atomic E-state index is 12.9. The quantitative estimate of drug-likeness (QED) is 0.652. The molecule has 0 aliphatic heterocycles. The third-order valence-corrected chi connectivity index (χ3v) is 5.16. The number of amides is 1. The van der Waals surface area contributed by atoms with Crippen LogP contribution in [0.4, 0.5) is 0 Å². The van der Waals surface area contributed by atoms with Crippen LogP contribution in [0.1, 0.15) is 12.0 Å². The van der Waals surface area contributed by atoms with Gasteiger partial charge in [-0.1, -0.05) is 36.3 Å². The molecule has 30 heavy (non-hydrogen) atoms. The van der Waals surface area contributed by atoms with Gasteiger partial charge in [-0.05, 0) is 36.2 Å². The zero-order valence-electron chi connectivity index (χ0n) is 16.1. The summed E-state index contributed by atoms with van der Waals surface area (Å²) in [5.74, 6) is -2.37. The van der Waals surface area contributed by atoms with E-state index in [-0.39, 0.29) is 19.5 Å². The number of terminal acetylenes is 1. The lowest BCUT2D eigenvalue weighted by atomic mass is 9.64. The number of hydrogen-bond acceptors (Lipinski definition) is 4. The molecule has 2 aromatic carbocycles. The first-order chi connectivity index (χ1) is 14.4. The van der Waals surface area contributed by atoms with E-state index in [2.05, 4.69) is 5.92 Å². The molecule has 154 valence electrons. The van der Waals surface area contributed by atoms with Gasteiger partial charge in [-0.15, -0.1) is 6.42 Å². The van der Waals surface area contributed by atoms with E-state index in [0.29, 0.717) is 11.5 Å². The molecule has 3 unspecified atom stereocenters. The van der Waals surface area contributed by atoms with Crippen molar-refractivity contribution < 1.29 is 29.3 Å². The summed E-state index contributed by atoms with van der Waals surface area (Å²) in [6, 6.07) is 16.4. The lowest BCUT2D eigenvalue weighted by Crippen LogP contribution is -2.53. The van der Waals surface area contributed by atoms with Crippen LogP contribution in [0, 0.1) is 30.1 Å². The van der Waals surface area contributed by atoms with Gasteiger partial charge in [0, 0.05) is 6.54 Å². The Labute approximate surface area is 173 Å². The summed E-state index contributed by atoms with van der Waals surface area (Å²) in [7, 11) is 0. The number of carboxylic acids is 2. The number of carboxylic acid groups (broad SMARTS) is 2. The summed E-state index contributed by atoms with van der Waals surface area (Å²) in [4.78, 5) is 36.9. The van der Waals surface area contributed by atoms with Crippen LogP contribution in [0.15, 0.2) is 54.6 Å². The van der Waals surface area contributed by atoms with Crippen molar-refractivity contribution in [1.82, 2.24) is 4.90 Å². The van der Waals surface area contributed by atoms with E-state index in [1.54, 1.807) is 24.3 Å². The smallest absolute Gasteiger partial charge is 0.308 e. The number of carbonyl (C=O) groups excluding carboxylic acids is 1. The second kappa shape index (κ2) is 9.14. The Balaban J connectivity index is 1.68. The van der Waals surface area contributed by atoms with E-state index in [1.807, 2.05) is 30.3 Å². The molecule has 2 aromatic rings. The molecule has 0 spiro atoms. The van der Waals surface area contributed by atoms with Crippen molar-refractivity contribution in [2.24, 2.45) is 17.8 Å². The van der Waals surface area contributed by atoms with E-state index in [9.17, 15) is 19.5 Å². The van der Waals surface area contributed by atoms with Gasteiger partial charge in [0.1, 0.15) is 11.5 Å². The molecule has 2 N–H and O–H groups in total. The minimum Gasteiger partial charge on any atom is -0.481 e. The zero-order chi connectivity index (χ0) is 21.7. The van der Waals surface area contributed by atoms with Crippen molar-refractivity contribution in [3.63, 3.8) is 0 Å². The number of carbonyl (C=O) groups is 3.